The third-order valence-corrected chi connectivity index (χ3v) is 9.98. The van der Waals surface area contributed by atoms with E-state index in [9.17, 15) is 17.6 Å². The van der Waals surface area contributed by atoms with Gasteiger partial charge >= 0.3 is 0 Å². The summed E-state index contributed by atoms with van der Waals surface area (Å²) in [5, 5.41) is 3.57. The average Bonchev–Trinajstić information content (AvgIpc) is 3.46. The molecule has 2 aliphatic heterocycles. The zero-order valence-corrected chi connectivity index (χ0v) is 21.0. The molecule has 1 atom stereocenters. The highest BCUT2D eigenvalue weighted by Gasteiger charge is 2.39. The second-order valence-corrected chi connectivity index (χ2v) is 12.7. The normalized spacial score (nSPS) is 22.1. The number of nitrogens with zero attached hydrogens (tertiary/aromatic N) is 4. The Balaban J connectivity index is 1.18. The van der Waals surface area contributed by atoms with Gasteiger partial charge in [0.1, 0.15) is 17.7 Å². The molecule has 3 heterocycles. The van der Waals surface area contributed by atoms with E-state index in [0.29, 0.717) is 31.7 Å². The van der Waals surface area contributed by atoms with Crippen molar-refractivity contribution in [2.75, 3.05) is 29.9 Å². The first-order valence-electron chi connectivity index (χ1n) is 11.9. The minimum absolute atomic E-state index is 0.0140. The molecule has 0 radical (unpaired) electrons. The van der Waals surface area contributed by atoms with Crippen LogP contribution in [0.4, 0.5) is 15.2 Å². The SMILES string of the molecule is CC(C)c1nsc(N2CCC(N3CCC(Nc4ccc(S(=O)(=O)C5CC5)cc4F)C3=O)CC2)n1. The standard InChI is InChI=1S/C23H30FN5O3S2/c1-14(2)21-26-23(33-27-21)28-10-7-15(8-11-28)29-12-9-20(22(29)30)25-19-6-5-17(13-18(19)24)34(31,32)16-3-4-16/h5-6,13-16,20,25H,3-4,7-12H2,1-2H3. The summed E-state index contributed by atoms with van der Waals surface area (Å²) in [6.07, 6.45) is 3.58. The summed E-state index contributed by atoms with van der Waals surface area (Å²) in [5.74, 6) is 0.513. The molecule has 2 aromatic rings. The molecule has 1 saturated carbocycles. The van der Waals surface area contributed by atoms with Crippen LogP contribution in [0, 0.1) is 5.82 Å². The fourth-order valence-corrected chi connectivity index (χ4v) is 7.23. The quantitative estimate of drug-likeness (QED) is 0.614. The zero-order valence-electron chi connectivity index (χ0n) is 19.4. The van der Waals surface area contributed by atoms with Gasteiger partial charge in [-0.05, 0) is 50.3 Å². The van der Waals surface area contributed by atoms with E-state index in [1.165, 1.54) is 23.7 Å². The van der Waals surface area contributed by atoms with E-state index in [1.54, 1.807) is 0 Å². The van der Waals surface area contributed by atoms with Gasteiger partial charge < -0.3 is 15.1 Å². The maximum absolute atomic E-state index is 14.7. The van der Waals surface area contributed by atoms with Crippen LogP contribution in [0.2, 0.25) is 0 Å². The van der Waals surface area contributed by atoms with Gasteiger partial charge in [-0.1, -0.05) is 13.8 Å². The van der Waals surface area contributed by atoms with E-state index < -0.39 is 21.7 Å². The molecule has 3 fully saturated rings. The number of piperidine rings is 1. The number of benzene rings is 1. The zero-order chi connectivity index (χ0) is 24.0. The van der Waals surface area contributed by atoms with Crippen molar-refractivity contribution < 1.29 is 17.6 Å². The van der Waals surface area contributed by atoms with Gasteiger partial charge in [0.15, 0.2) is 9.84 Å². The monoisotopic (exact) mass is 507 g/mol. The minimum atomic E-state index is -3.45. The van der Waals surface area contributed by atoms with E-state index in [2.05, 4.69) is 33.4 Å². The Hall–Kier alpha value is -2.27. The lowest BCUT2D eigenvalue weighted by atomic mass is 10.0. The predicted molar refractivity (Wildman–Crippen MR) is 130 cm³/mol. The van der Waals surface area contributed by atoms with Gasteiger partial charge in [-0.15, -0.1) is 0 Å². The lowest BCUT2D eigenvalue weighted by Gasteiger charge is -2.36. The number of nitrogens with one attached hydrogen (secondary N) is 1. The van der Waals surface area contributed by atoms with Crippen molar-refractivity contribution in [1.82, 2.24) is 14.3 Å². The molecule has 1 aliphatic carbocycles. The molecule has 3 aliphatic rings. The number of anilines is 2. The van der Waals surface area contributed by atoms with E-state index >= 15 is 0 Å². The van der Waals surface area contributed by atoms with Crippen molar-refractivity contribution in [3.8, 4) is 0 Å². The topological polar surface area (TPSA) is 95.5 Å². The Morgan fingerprint density at radius 3 is 2.47 bits per heavy atom. The van der Waals surface area contributed by atoms with Gasteiger partial charge in [0.05, 0.1) is 15.8 Å². The number of carbonyl (C=O) groups is 1. The number of hydrogen-bond acceptors (Lipinski definition) is 8. The number of rotatable bonds is 7. The molecule has 1 amide bonds. The lowest BCUT2D eigenvalue weighted by molar-refractivity contribution is -0.130. The highest BCUT2D eigenvalue weighted by Crippen LogP contribution is 2.35. The second kappa shape index (κ2) is 9.07. The fraction of sp³-hybridized carbons (Fsp3) is 0.609. The number of aromatic nitrogens is 2. The van der Waals surface area contributed by atoms with Crippen LogP contribution in [0.25, 0.3) is 0 Å². The highest BCUT2D eigenvalue weighted by molar-refractivity contribution is 7.92. The molecule has 5 rings (SSSR count). The van der Waals surface area contributed by atoms with Crippen molar-refractivity contribution in [2.24, 2.45) is 0 Å². The van der Waals surface area contributed by atoms with E-state index in [1.807, 2.05) is 4.90 Å². The molecular weight excluding hydrogens is 477 g/mol. The number of likely N-dealkylation sites (tertiary alicyclic amines) is 1. The summed E-state index contributed by atoms with van der Waals surface area (Å²) in [4.78, 5) is 21.9. The van der Waals surface area contributed by atoms with Gasteiger partial charge in [0, 0.05) is 43.1 Å². The molecule has 1 aromatic heterocycles. The van der Waals surface area contributed by atoms with Crippen LogP contribution in [0.1, 0.15) is 57.7 Å². The molecule has 1 aromatic carbocycles. The Bertz CT molecular complexity index is 1170. The summed E-state index contributed by atoms with van der Waals surface area (Å²) in [7, 11) is -3.45. The van der Waals surface area contributed by atoms with Crippen molar-refractivity contribution in [3.05, 3.63) is 29.8 Å². The first kappa shape index (κ1) is 23.5. The Kier molecular flexibility index (Phi) is 6.26. The van der Waals surface area contributed by atoms with Crippen LogP contribution in [0.5, 0.6) is 0 Å². The van der Waals surface area contributed by atoms with Crippen molar-refractivity contribution in [3.63, 3.8) is 0 Å². The van der Waals surface area contributed by atoms with Gasteiger partial charge in [0.2, 0.25) is 11.0 Å². The molecule has 11 heteroatoms. The molecule has 0 spiro atoms. The van der Waals surface area contributed by atoms with Gasteiger partial charge in [-0.2, -0.15) is 4.37 Å². The van der Waals surface area contributed by atoms with Crippen LogP contribution >= 0.6 is 11.5 Å². The van der Waals surface area contributed by atoms with Crippen LogP contribution < -0.4 is 10.2 Å². The molecule has 184 valence electrons. The Morgan fingerprint density at radius 2 is 1.85 bits per heavy atom. The largest absolute Gasteiger partial charge is 0.371 e. The maximum atomic E-state index is 14.7. The van der Waals surface area contributed by atoms with Crippen molar-refractivity contribution >= 4 is 38.1 Å². The fourth-order valence-electron chi connectivity index (χ4n) is 4.70. The van der Waals surface area contributed by atoms with Crippen molar-refractivity contribution in [1.29, 1.82) is 0 Å². The molecule has 2 saturated heterocycles. The molecule has 0 bridgehead atoms. The third kappa shape index (κ3) is 4.51. The molecule has 1 unspecified atom stereocenters. The van der Waals surface area contributed by atoms with E-state index in [4.69, 9.17) is 0 Å². The summed E-state index contributed by atoms with van der Waals surface area (Å²) < 4.78 is 43.8. The summed E-state index contributed by atoms with van der Waals surface area (Å²) in [6.45, 7) is 6.44. The number of amides is 1. The van der Waals surface area contributed by atoms with Gasteiger partial charge in [0.25, 0.3) is 0 Å². The van der Waals surface area contributed by atoms with Gasteiger partial charge in [-0.3, -0.25) is 4.79 Å². The second-order valence-electron chi connectivity index (χ2n) is 9.71. The third-order valence-electron chi connectivity index (χ3n) is 6.93. The number of carbonyl (C=O) groups excluding carboxylic acids is 1. The van der Waals surface area contributed by atoms with Crippen LogP contribution in [0.3, 0.4) is 0 Å². The number of sulfone groups is 1. The number of hydrogen-bond donors (Lipinski definition) is 1. The minimum Gasteiger partial charge on any atom is -0.371 e. The first-order valence-corrected chi connectivity index (χ1v) is 14.2. The van der Waals surface area contributed by atoms with Crippen LogP contribution in [-0.4, -0.2) is 65.6 Å². The summed E-state index contributed by atoms with van der Waals surface area (Å²) in [5.41, 5.74) is 0.169. The number of halogens is 1. The van der Waals surface area contributed by atoms with Crippen molar-refractivity contribution in [2.45, 2.75) is 74.1 Å². The molecule has 8 nitrogen and oxygen atoms in total. The van der Waals surface area contributed by atoms with E-state index in [0.717, 1.165) is 43.0 Å². The van der Waals surface area contributed by atoms with Crippen LogP contribution in [-0.2, 0) is 14.6 Å². The summed E-state index contributed by atoms with van der Waals surface area (Å²) >= 11 is 1.43. The van der Waals surface area contributed by atoms with Crippen LogP contribution in [0.15, 0.2) is 23.1 Å². The predicted octanol–water partition coefficient (Wildman–Crippen LogP) is 3.42. The highest BCUT2D eigenvalue weighted by atomic mass is 32.2. The summed E-state index contributed by atoms with van der Waals surface area (Å²) in [6, 6.07) is 3.59. The molecular formula is C23H30FN5O3S2. The Labute approximate surface area is 203 Å². The van der Waals surface area contributed by atoms with E-state index in [-0.39, 0.29) is 27.8 Å². The first-order chi connectivity index (χ1) is 16.2. The lowest BCUT2D eigenvalue weighted by Crippen LogP contribution is -2.47. The van der Waals surface area contributed by atoms with Gasteiger partial charge in [-0.25, -0.2) is 17.8 Å². The molecule has 1 N–H and O–H groups in total. The maximum Gasteiger partial charge on any atom is 0.245 e. The molecule has 34 heavy (non-hydrogen) atoms. The smallest absolute Gasteiger partial charge is 0.245 e. The average molecular weight is 508 g/mol. The Morgan fingerprint density at radius 1 is 1.12 bits per heavy atom.